The van der Waals surface area contributed by atoms with Crippen LogP contribution < -0.4 is 5.32 Å². The van der Waals surface area contributed by atoms with Gasteiger partial charge in [0, 0.05) is 24.7 Å². The van der Waals surface area contributed by atoms with Gasteiger partial charge in [0.2, 0.25) is 0 Å². The molecule has 2 aromatic rings. The third-order valence-corrected chi connectivity index (χ3v) is 2.49. The highest BCUT2D eigenvalue weighted by molar-refractivity contribution is 5.77. The second kappa shape index (κ2) is 5.16. The maximum absolute atomic E-state index is 9.23. The van der Waals surface area contributed by atoms with E-state index in [2.05, 4.69) is 10.3 Å². The molecule has 0 saturated carbocycles. The maximum Gasteiger partial charge on any atom is 0.195 e. The highest BCUT2D eigenvalue weighted by Gasteiger charge is 2.06. The first-order valence-electron chi connectivity index (χ1n) is 5.65. The van der Waals surface area contributed by atoms with Gasteiger partial charge in [0.15, 0.2) is 11.5 Å². The molecule has 0 aliphatic heterocycles. The molecule has 0 radical (unpaired) electrons. The van der Waals surface area contributed by atoms with Crippen LogP contribution in [0.4, 0.5) is 5.69 Å². The van der Waals surface area contributed by atoms with E-state index in [1.54, 1.807) is 0 Å². The van der Waals surface area contributed by atoms with Crippen LogP contribution in [0.3, 0.4) is 0 Å². The quantitative estimate of drug-likeness (QED) is 0.726. The van der Waals surface area contributed by atoms with E-state index in [1.165, 1.54) is 0 Å². The standard InChI is InChI=1S/C12H16N2O3/c1-2-12-14-10-4-3-8(5-11(10)17-12)13-6-9(16)7-15/h3-5,9,13,15-16H,2,6-7H2,1H3. The summed E-state index contributed by atoms with van der Waals surface area (Å²) in [5, 5.41) is 20.9. The summed E-state index contributed by atoms with van der Waals surface area (Å²) in [5.41, 5.74) is 2.39. The summed E-state index contributed by atoms with van der Waals surface area (Å²) in [7, 11) is 0. The fraction of sp³-hybridized carbons (Fsp3) is 0.417. The molecular formula is C12H16N2O3. The number of hydrogen-bond donors (Lipinski definition) is 3. The largest absolute Gasteiger partial charge is 0.441 e. The number of nitrogens with one attached hydrogen (secondary N) is 1. The van der Waals surface area contributed by atoms with E-state index in [9.17, 15) is 5.11 Å². The first-order chi connectivity index (χ1) is 8.22. The Morgan fingerprint density at radius 1 is 1.47 bits per heavy atom. The SMILES string of the molecule is CCc1nc2ccc(NCC(O)CO)cc2o1. The minimum atomic E-state index is -0.758. The molecule has 0 fully saturated rings. The van der Waals surface area contributed by atoms with Crippen molar-refractivity contribution in [1.29, 1.82) is 0 Å². The van der Waals surface area contributed by atoms with E-state index in [1.807, 2.05) is 25.1 Å². The van der Waals surface area contributed by atoms with Crippen molar-refractivity contribution in [3.05, 3.63) is 24.1 Å². The van der Waals surface area contributed by atoms with Crippen molar-refractivity contribution in [1.82, 2.24) is 4.98 Å². The maximum atomic E-state index is 9.23. The molecule has 0 amide bonds. The van der Waals surface area contributed by atoms with E-state index in [0.717, 1.165) is 23.2 Å². The van der Waals surface area contributed by atoms with Crippen LogP contribution >= 0.6 is 0 Å². The predicted molar refractivity (Wildman–Crippen MR) is 65.0 cm³/mol. The first kappa shape index (κ1) is 11.9. The van der Waals surface area contributed by atoms with Crippen molar-refractivity contribution >= 4 is 16.8 Å². The molecule has 2 rings (SSSR count). The van der Waals surface area contributed by atoms with E-state index in [0.29, 0.717) is 12.4 Å². The Bertz CT molecular complexity index is 495. The number of aryl methyl sites for hydroxylation is 1. The lowest BCUT2D eigenvalue weighted by Gasteiger charge is -2.09. The van der Waals surface area contributed by atoms with Crippen LogP contribution in [0.1, 0.15) is 12.8 Å². The molecule has 5 heteroatoms. The molecule has 92 valence electrons. The number of hydrogen-bond acceptors (Lipinski definition) is 5. The van der Waals surface area contributed by atoms with Crippen LogP contribution in [0.15, 0.2) is 22.6 Å². The number of aromatic nitrogens is 1. The van der Waals surface area contributed by atoms with Crippen LogP contribution in [0.5, 0.6) is 0 Å². The Hall–Kier alpha value is -1.59. The third kappa shape index (κ3) is 2.75. The lowest BCUT2D eigenvalue weighted by Crippen LogP contribution is -2.22. The van der Waals surface area contributed by atoms with Gasteiger partial charge in [-0.2, -0.15) is 0 Å². The molecule has 1 heterocycles. The molecule has 1 aromatic heterocycles. The van der Waals surface area contributed by atoms with Crippen LogP contribution in [0, 0.1) is 0 Å². The summed E-state index contributed by atoms with van der Waals surface area (Å²) >= 11 is 0. The van der Waals surface area contributed by atoms with Crippen molar-refractivity contribution in [2.24, 2.45) is 0 Å². The Labute approximate surface area is 99.1 Å². The van der Waals surface area contributed by atoms with Gasteiger partial charge in [-0.25, -0.2) is 4.98 Å². The van der Waals surface area contributed by atoms with Crippen molar-refractivity contribution in [3.8, 4) is 0 Å². The molecule has 1 unspecified atom stereocenters. The molecule has 3 N–H and O–H groups in total. The third-order valence-electron chi connectivity index (χ3n) is 2.49. The molecular weight excluding hydrogens is 220 g/mol. The zero-order chi connectivity index (χ0) is 12.3. The Morgan fingerprint density at radius 2 is 2.29 bits per heavy atom. The van der Waals surface area contributed by atoms with Gasteiger partial charge in [0.1, 0.15) is 5.52 Å². The molecule has 0 bridgehead atoms. The van der Waals surface area contributed by atoms with Crippen LogP contribution in [0.2, 0.25) is 0 Å². The summed E-state index contributed by atoms with van der Waals surface area (Å²) in [6.45, 7) is 2.04. The van der Waals surface area contributed by atoms with Crippen LogP contribution in [-0.2, 0) is 6.42 Å². The lowest BCUT2D eigenvalue weighted by atomic mass is 10.2. The number of oxazole rings is 1. The van der Waals surface area contributed by atoms with E-state index in [-0.39, 0.29) is 6.61 Å². The van der Waals surface area contributed by atoms with Crippen molar-refractivity contribution in [2.45, 2.75) is 19.4 Å². The number of anilines is 1. The molecule has 0 aliphatic carbocycles. The lowest BCUT2D eigenvalue weighted by molar-refractivity contribution is 0.105. The molecule has 17 heavy (non-hydrogen) atoms. The van der Waals surface area contributed by atoms with Crippen LogP contribution in [0.25, 0.3) is 11.1 Å². The number of aliphatic hydroxyl groups excluding tert-OH is 2. The fourth-order valence-corrected chi connectivity index (χ4v) is 1.53. The normalized spacial score (nSPS) is 12.9. The molecule has 5 nitrogen and oxygen atoms in total. The second-order valence-corrected chi connectivity index (χ2v) is 3.86. The Kier molecular flexibility index (Phi) is 3.61. The molecule has 1 aromatic carbocycles. The summed E-state index contributed by atoms with van der Waals surface area (Å²) in [6.07, 6.45) is 0.00680. The molecule has 0 spiro atoms. The summed E-state index contributed by atoms with van der Waals surface area (Å²) in [5.74, 6) is 0.715. The minimum absolute atomic E-state index is 0.252. The zero-order valence-electron chi connectivity index (χ0n) is 9.68. The molecule has 0 aliphatic rings. The smallest absolute Gasteiger partial charge is 0.195 e. The molecule has 1 atom stereocenters. The summed E-state index contributed by atoms with van der Waals surface area (Å²) in [6, 6.07) is 5.58. The second-order valence-electron chi connectivity index (χ2n) is 3.86. The fourth-order valence-electron chi connectivity index (χ4n) is 1.53. The van der Waals surface area contributed by atoms with E-state index >= 15 is 0 Å². The zero-order valence-corrected chi connectivity index (χ0v) is 9.68. The number of fused-ring (bicyclic) bond motifs is 1. The van der Waals surface area contributed by atoms with Crippen molar-refractivity contribution in [3.63, 3.8) is 0 Å². The topological polar surface area (TPSA) is 78.5 Å². The van der Waals surface area contributed by atoms with Gasteiger partial charge in [-0.1, -0.05) is 6.92 Å². The highest BCUT2D eigenvalue weighted by Crippen LogP contribution is 2.20. The number of benzene rings is 1. The number of nitrogens with zero attached hydrogens (tertiary/aromatic N) is 1. The first-order valence-corrected chi connectivity index (χ1v) is 5.65. The predicted octanol–water partition coefficient (Wildman–Crippen LogP) is 1.16. The average molecular weight is 236 g/mol. The number of aliphatic hydroxyl groups is 2. The van der Waals surface area contributed by atoms with Crippen molar-refractivity contribution < 1.29 is 14.6 Å². The summed E-state index contributed by atoms with van der Waals surface area (Å²) < 4.78 is 5.53. The Balaban J connectivity index is 2.13. The number of rotatable bonds is 5. The van der Waals surface area contributed by atoms with Gasteiger partial charge in [-0.3, -0.25) is 0 Å². The van der Waals surface area contributed by atoms with Crippen molar-refractivity contribution in [2.75, 3.05) is 18.5 Å². The van der Waals surface area contributed by atoms with Crippen LogP contribution in [-0.4, -0.2) is 34.5 Å². The van der Waals surface area contributed by atoms with Gasteiger partial charge in [-0.05, 0) is 12.1 Å². The van der Waals surface area contributed by atoms with Gasteiger partial charge in [-0.15, -0.1) is 0 Å². The monoisotopic (exact) mass is 236 g/mol. The summed E-state index contributed by atoms with van der Waals surface area (Å²) in [4.78, 5) is 4.30. The van der Waals surface area contributed by atoms with E-state index < -0.39 is 6.10 Å². The van der Waals surface area contributed by atoms with Gasteiger partial charge < -0.3 is 19.9 Å². The highest BCUT2D eigenvalue weighted by atomic mass is 16.3. The molecule has 0 saturated heterocycles. The van der Waals surface area contributed by atoms with Gasteiger partial charge in [0.25, 0.3) is 0 Å². The van der Waals surface area contributed by atoms with E-state index in [4.69, 9.17) is 9.52 Å². The van der Waals surface area contributed by atoms with Gasteiger partial charge >= 0.3 is 0 Å². The minimum Gasteiger partial charge on any atom is -0.441 e. The average Bonchev–Trinajstić information content (AvgIpc) is 2.77. The Morgan fingerprint density at radius 3 is 3.00 bits per heavy atom. The van der Waals surface area contributed by atoms with Gasteiger partial charge in [0.05, 0.1) is 12.7 Å².